The molecular weight excluding hydrogens is 696 g/mol. The van der Waals surface area contributed by atoms with Crippen LogP contribution in [0.4, 0.5) is 32.0 Å². The third-order valence-corrected chi connectivity index (χ3v) is 8.58. The van der Waals surface area contributed by atoms with Gasteiger partial charge in [0.25, 0.3) is 5.91 Å². The molecule has 38 heavy (non-hydrogen) atoms. The number of carbonyl (C=O) groups excluding carboxylic acids is 2. The summed E-state index contributed by atoms with van der Waals surface area (Å²) in [4.78, 5) is 25.7. The summed E-state index contributed by atoms with van der Waals surface area (Å²) in [6.07, 6.45) is -1.64. The van der Waals surface area contributed by atoms with Crippen LogP contribution >= 0.6 is 57.4 Å². The molecule has 0 spiro atoms. The zero-order chi connectivity index (χ0) is 28.2. The van der Waals surface area contributed by atoms with Gasteiger partial charge in [0.1, 0.15) is 22.2 Å². The Bertz CT molecular complexity index is 1310. The summed E-state index contributed by atoms with van der Waals surface area (Å²) < 4.78 is 79.1. The molecule has 204 valence electrons. The Hall–Kier alpha value is -1.70. The van der Waals surface area contributed by atoms with E-state index in [4.69, 9.17) is 34.8 Å². The number of alkyl halides is 6. The molecule has 0 bridgehead atoms. The molecule has 4 rings (SSSR count). The lowest BCUT2D eigenvalue weighted by atomic mass is 9.91. The summed E-state index contributed by atoms with van der Waals surface area (Å²) in [5, 5.41) is 4.94. The van der Waals surface area contributed by atoms with Crippen molar-refractivity contribution in [3.8, 4) is 0 Å². The highest BCUT2D eigenvalue weighted by molar-refractivity contribution is 14.1. The second-order valence-corrected chi connectivity index (χ2v) is 11.8. The molecule has 1 aromatic carbocycles. The normalized spacial score (nSPS) is 28.2. The second kappa shape index (κ2) is 10.7. The lowest BCUT2D eigenvalue weighted by Gasteiger charge is -2.23. The van der Waals surface area contributed by atoms with Crippen LogP contribution < -0.4 is 10.6 Å². The molecule has 14 heteroatoms. The van der Waals surface area contributed by atoms with E-state index >= 15 is 0 Å². The monoisotopic (exact) mass is 710 g/mol. The molecule has 0 heterocycles. The minimum atomic E-state index is -4.84. The van der Waals surface area contributed by atoms with Crippen LogP contribution in [0.5, 0.6) is 0 Å². The molecule has 3 aliphatic carbocycles. The van der Waals surface area contributed by atoms with Crippen molar-refractivity contribution in [2.75, 3.05) is 5.32 Å². The van der Waals surface area contributed by atoms with Crippen molar-refractivity contribution in [2.45, 2.75) is 29.1 Å². The highest BCUT2D eigenvalue weighted by Gasteiger charge is 2.68. The summed E-state index contributed by atoms with van der Waals surface area (Å²) in [5.74, 6) is -7.85. The first-order valence-corrected chi connectivity index (χ1v) is 13.2. The van der Waals surface area contributed by atoms with Gasteiger partial charge in [-0.3, -0.25) is 9.59 Å². The standard InChI is InChI=1S/C24H16Cl3F6IN2O2/c25-13-3-2-10(8-11(13)21(37)36-16-6-5-15(29)20(34)19(16)30)35-22(38)18-17(23(18,26)27)9-1-4-14(28)12(7-9)24(31,32)33/h1,3-8,10,12,14,17-18H,2H2,(H,35,38)(H,36,37)/t10?,12?,14?,17?,18-/m1/s1. The van der Waals surface area contributed by atoms with Gasteiger partial charge in [-0.25, -0.2) is 13.2 Å². The number of anilines is 1. The summed E-state index contributed by atoms with van der Waals surface area (Å²) in [6.45, 7) is 0. The van der Waals surface area contributed by atoms with E-state index < -0.39 is 63.9 Å². The van der Waals surface area contributed by atoms with Gasteiger partial charge in [-0.1, -0.05) is 29.8 Å². The van der Waals surface area contributed by atoms with E-state index in [0.29, 0.717) is 6.08 Å². The van der Waals surface area contributed by atoms with Gasteiger partial charge in [0.2, 0.25) is 5.91 Å². The van der Waals surface area contributed by atoms with Crippen molar-refractivity contribution in [3.63, 3.8) is 0 Å². The summed E-state index contributed by atoms with van der Waals surface area (Å²) in [6, 6.07) is 1.24. The molecule has 5 atom stereocenters. The minimum Gasteiger partial charge on any atom is -0.349 e. The van der Waals surface area contributed by atoms with Crippen LogP contribution in [0, 0.1) is 33.0 Å². The van der Waals surface area contributed by atoms with Gasteiger partial charge in [-0.2, -0.15) is 13.2 Å². The maximum Gasteiger partial charge on any atom is 0.398 e. The Morgan fingerprint density at radius 1 is 1.13 bits per heavy atom. The van der Waals surface area contributed by atoms with Crippen molar-refractivity contribution in [1.29, 1.82) is 0 Å². The topological polar surface area (TPSA) is 58.2 Å². The first-order valence-electron chi connectivity index (χ1n) is 10.9. The van der Waals surface area contributed by atoms with Crippen LogP contribution in [-0.2, 0) is 9.59 Å². The molecular formula is C24H16Cl3F6IN2O2. The zero-order valence-corrected chi connectivity index (χ0v) is 23.2. The lowest BCUT2D eigenvalue weighted by Crippen LogP contribution is -2.37. The molecule has 1 fully saturated rings. The Morgan fingerprint density at radius 2 is 1.82 bits per heavy atom. The number of amides is 2. The van der Waals surface area contributed by atoms with E-state index in [0.717, 1.165) is 24.3 Å². The van der Waals surface area contributed by atoms with Crippen molar-refractivity contribution >= 4 is 74.9 Å². The zero-order valence-electron chi connectivity index (χ0n) is 18.7. The summed E-state index contributed by atoms with van der Waals surface area (Å²) >= 11 is 20.0. The molecule has 3 aliphatic rings. The van der Waals surface area contributed by atoms with Gasteiger partial charge < -0.3 is 10.6 Å². The predicted molar refractivity (Wildman–Crippen MR) is 139 cm³/mol. The molecule has 1 saturated carbocycles. The fourth-order valence-corrected chi connectivity index (χ4v) is 5.82. The first kappa shape index (κ1) is 29.3. The van der Waals surface area contributed by atoms with Crippen molar-refractivity contribution < 1.29 is 35.9 Å². The van der Waals surface area contributed by atoms with Crippen molar-refractivity contribution in [2.24, 2.45) is 17.8 Å². The van der Waals surface area contributed by atoms with Gasteiger partial charge in [-0.15, -0.1) is 23.2 Å². The molecule has 2 amide bonds. The van der Waals surface area contributed by atoms with Crippen LogP contribution in [0.25, 0.3) is 0 Å². The Balaban J connectivity index is 1.47. The molecule has 2 N–H and O–H groups in total. The number of nitrogens with one attached hydrogen (secondary N) is 2. The summed E-state index contributed by atoms with van der Waals surface area (Å²) in [5.41, 5.74) is -0.393. The van der Waals surface area contributed by atoms with Crippen LogP contribution in [0.2, 0.25) is 0 Å². The van der Waals surface area contributed by atoms with Gasteiger partial charge in [0.05, 0.1) is 26.8 Å². The third-order valence-electron chi connectivity index (χ3n) is 6.29. The molecule has 4 nitrogen and oxygen atoms in total. The average Bonchev–Trinajstić information content (AvgIpc) is 3.42. The number of carbonyl (C=O) groups is 2. The number of rotatable bonds is 5. The van der Waals surface area contributed by atoms with Crippen LogP contribution in [-0.4, -0.2) is 34.5 Å². The van der Waals surface area contributed by atoms with E-state index in [-0.39, 0.29) is 31.9 Å². The van der Waals surface area contributed by atoms with Crippen molar-refractivity contribution in [3.05, 3.63) is 73.9 Å². The molecule has 0 radical (unpaired) electrons. The summed E-state index contributed by atoms with van der Waals surface area (Å²) in [7, 11) is 0. The Labute approximate surface area is 241 Å². The fraction of sp³-hybridized carbons (Fsp3) is 0.333. The fourth-order valence-electron chi connectivity index (χ4n) is 4.29. The van der Waals surface area contributed by atoms with E-state index in [1.807, 2.05) is 0 Å². The largest absolute Gasteiger partial charge is 0.398 e. The maximum absolute atomic E-state index is 14.3. The maximum atomic E-state index is 14.3. The molecule has 0 saturated heterocycles. The Kier molecular flexibility index (Phi) is 8.25. The number of hydrogen-bond donors (Lipinski definition) is 2. The first-order chi connectivity index (χ1) is 17.6. The highest BCUT2D eigenvalue weighted by Crippen LogP contribution is 2.63. The average molecular weight is 712 g/mol. The molecule has 4 unspecified atom stereocenters. The Morgan fingerprint density at radius 3 is 2.47 bits per heavy atom. The SMILES string of the molecule is O=C(Nc1ccc(F)c(I)c1F)C1=CC(NC(=O)[C@H]2C(C3=CC(C(F)(F)F)C(F)C=C3)C2(Cl)Cl)CC=C1Cl. The van der Waals surface area contributed by atoms with E-state index in [9.17, 15) is 35.9 Å². The number of allylic oxidation sites excluding steroid dienone is 4. The molecule has 1 aromatic rings. The smallest absolute Gasteiger partial charge is 0.349 e. The van der Waals surface area contributed by atoms with Crippen LogP contribution in [0.3, 0.4) is 0 Å². The van der Waals surface area contributed by atoms with Gasteiger partial charge in [0.15, 0.2) is 5.82 Å². The quantitative estimate of drug-likeness (QED) is 0.152. The number of benzene rings is 1. The molecule has 0 aromatic heterocycles. The molecule has 0 aliphatic heterocycles. The number of halogens is 10. The van der Waals surface area contributed by atoms with Crippen LogP contribution in [0.1, 0.15) is 6.42 Å². The second-order valence-electron chi connectivity index (χ2n) is 8.83. The highest BCUT2D eigenvalue weighted by atomic mass is 127. The van der Waals surface area contributed by atoms with E-state index in [1.165, 1.54) is 34.7 Å². The number of hydrogen-bond acceptors (Lipinski definition) is 2. The van der Waals surface area contributed by atoms with Gasteiger partial charge in [0, 0.05) is 11.0 Å². The van der Waals surface area contributed by atoms with E-state index in [1.54, 1.807) is 0 Å². The minimum absolute atomic E-state index is 0.00970. The van der Waals surface area contributed by atoms with Crippen molar-refractivity contribution in [1.82, 2.24) is 5.32 Å². The van der Waals surface area contributed by atoms with Gasteiger partial charge in [-0.05, 0) is 58.9 Å². The van der Waals surface area contributed by atoms with E-state index in [2.05, 4.69) is 10.6 Å². The van der Waals surface area contributed by atoms with Crippen LogP contribution in [0.15, 0.2) is 58.7 Å². The predicted octanol–water partition coefficient (Wildman–Crippen LogP) is 6.88. The lowest BCUT2D eigenvalue weighted by molar-refractivity contribution is -0.172. The third kappa shape index (κ3) is 5.75. The van der Waals surface area contributed by atoms with Gasteiger partial charge >= 0.3 is 6.18 Å².